The van der Waals surface area contributed by atoms with Crippen LogP contribution in [0.15, 0.2) is 35.6 Å². The zero-order chi connectivity index (χ0) is 38.7. The van der Waals surface area contributed by atoms with Gasteiger partial charge in [0, 0.05) is 28.6 Å². The number of amides is 5. The van der Waals surface area contributed by atoms with E-state index in [4.69, 9.17) is 16.0 Å². The summed E-state index contributed by atoms with van der Waals surface area (Å²) in [6.45, 7) is 12.5. The molecule has 1 aromatic carbocycles. The molecule has 1 saturated heterocycles. The summed E-state index contributed by atoms with van der Waals surface area (Å²) in [6, 6.07) is 1.93. The highest BCUT2D eigenvalue weighted by atomic mass is 16.6. The zero-order valence-corrected chi connectivity index (χ0v) is 31.1. The fraction of sp³-hybridized carbons (Fsp3) is 0.611. The Balaban J connectivity index is 1.81. The van der Waals surface area contributed by atoms with Crippen molar-refractivity contribution in [2.75, 3.05) is 6.54 Å². The smallest absolute Gasteiger partial charge is 0.308 e. The third-order valence-corrected chi connectivity index (χ3v) is 8.95. The lowest BCUT2D eigenvalue weighted by Gasteiger charge is -2.32. The van der Waals surface area contributed by atoms with Crippen molar-refractivity contribution in [2.45, 2.75) is 123 Å². The summed E-state index contributed by atoms with van der Waals surface area (Å²) < 4.78 is 5.47. The first kappa shape index (κ1) is 41.5. The van der Waals surface area contributed by atoms with Crippen LogP contribution in [-0.4, -0.2) is 87.7 Å². The van der Waals surface area contributed by atoms with Gasteiger partial charge in [-0.2, -0.15) is 0 Å². The van der Waals surface area contributed by atoms with Crippen molar-refractivity contribution < 1.29 is 33.5 Å². The van der Waals surface area contributed by atoms with Crippen LogP contribution >= 0.6 is 0 Å². The van der Waals surface area contributed by atoms with Gasteiger partial charge in [-0.3, -0.25) is 28.8 Å². The average Bonchev–Trinajstić information content (AvgIpc) is 3.72. The number of esters is 1. The summed E-state index contributed by atoms with van der Waals surface area (Å²) in [4.78, 5) is 87.3. The van der Waals surface area contributed by atoms with Crippen LogP contribution in [-0.2, 0) is 39.9 Å². The maximum absolute atomic E-state index is 14.1. The molecule has 1 aromatic heterocycles. The molecule has 2 aromatic rings. The molecular formula is C36H53N9O7. The van der Waals surface area contributed by atoms with Gasteiger partial charge in [0.1, 0.15) is 23.7 Å². The van der Waals surface area contributed by atoms with Gasteiger partial charge in [-0.05, 0) is 80.6 Å². The molecule has 3 rings (SSSR count). The van der Waals surface area contributed by atoms with E-state index in [1.807, 2.05) is 45.0 Å². The quantitative estimate of drug-likeness (QED) is 0.0744. The number of rotatable bonds is 16. The highest BCUT2D eigenvalue weighted by Gasteiger charge is 2.41. The van der Waals surface area contributed by atoms with Gasteiger partial charge in [-0.15, -0.1) is 0 Å². The number of hydrogen-bond acceptors (Lipinski definition) is 8. The number of likely N-dealkylation sites (tertiary alicyclic amines) is 1. The molecular weight excluding hydrogens is 670 g/mol. The third kappa shape index (κ3) is 11.5. The number of azide groups is 1. The third-order valence-electron chi connectivity index (χ3n) is 8.95. The number of fused-ring (bicyclic) bond motifs is 1. The summed E-state index contributed by atoms with van der Waals surface area (Å²) in [7, 11) is 0. The van der Waals surface area contributed by atoms with Gasteiger partial charge in [0.15, 0.2) is 0 Å². The average molecular weight is 724 g/mol. The number of hydrogen-bond donors (Lipinski definition) is 5. The molecule has 0 spiro atoms. The minimum absolute atomic E-state index is 0.0185. The Morgan fingerprint density at radius 3 is 2.37 bits per heavy atom. The second-order valence-electron chi connectivity index (χ2n) is 14.8. The lowest BCUT2D eigenvalue weighted by atomic mass is 9.96. The number of nitrogens with zero attached hydrogens (tertiary/aromatic N) is 4. The molecule has 6 atom stereocenters. The molecule has 0 unspecified atom stereocenters. The zero-order valence-electron chi connectivity index (χ0n) is 31.1. The fourth-order valence-corrected chi connectivity index (χ4v) is 6.18. The number of nitrogens with two attached hydrogens (primary N) is 1. The maximum atomic E-state index is 14.1. The first-order valence-electron chi connectivity index (χ1n) is 17.8. The van der Waals surface area contributed by atoms with Crippen LogP contribution in [0.1, 0.15) is 86.1 Å². The van der Waals surface area contributed by atoms with E-state index in [-0.39, 0.29) is 37.6 Å². The Kier molecular flexibility index (Phi) is 14.8. The number of ether oxygens (including phenoxy) is 1. The lowest BCUT2D eigenvalue weighted by Crippen LogP contribution is -2.59. The van der Waals surface area contributed by atoms with Crippen LogP contribution in [0.25, 0.3) is 21.3 Å². The molecule has 16 heteroatoms. The number of para-hydroxylation sites is 1. The van der Waals surface area contributed by atoms with Crippen molar-refractivity contribution in [1.82, 2.24) is 25.8 Å². The standard InChI is InChI=1S/C36H53N9O7/c1-8-21(4)30(34(50)40-26(16-20(2)3)32(48)43-44-38)42-33(49)28-14-11-15-45(28)35(51)27(18-29(46)52-36(5,6)7)41-31(47)24(37)17-22-19-39-25-13-10-9-12-23(22)25/h9-10,12-13,19-21,24,26-28,30,39H,8,11,14-18,37H2,1-7H3,(H,40,50)(H,41,47)(H,42,49)/t21-,24+,26-,27+,28-,30+/m0/s1. The van der Waals surface area contributed by atoms with Crippen LogP contribution in [0, 0.1) is 11.8 Å². The molecule has 0 aliphatic carbocycles. The molecule has 1 fully saturated rings. The predicted molar refractivity (Wildman–Crippen MR) is 194 cm³/mol. The molecule has 5 amide bonds. The number of carbonyl (C=O) groups is 6. The molecule has 2 heterocycles. The normalized spacial score (nSPS) is 17.3. The number of benzene rings is 1. The minimum Gasteiger partial charge on any atom is -0.460 e. The molecule has 6 N–H and O–H groups in total. The van der Waals surface area contributed by atoms with Crippen molar-refractivity contribution in [3.05, 3.63) is 46.5 Å². The van der Waals surface area contributed by atoms with E-state index in [2.05, 4.69) is 31.0 Å². The van der Waals surface area contributed by atoms with E-state index in [1.54, 1.807) is 33.9 Å². The summed E-state index contributed by atoms with van der Waals surface area (Å²) in [5.74, 6) is -4.53. The van der Waals surface area contributed by atoms with Gasteiger partial charge in [-0.25, -0.2) is 0 Å². The lowest BCUT2D eigenvalue weighted by molar-refractivity contribution is -0.157. The molecule has 1 aliphatic rings. The van der Waals surface area contributed by atoms with E-state index in [0.717, 1.165) is 16.5 Å². The molecule has 284 valence electrons. The minimum atomic E-state index is -1.39. The number of aromatic amines is 1. The molecule has 0 bridgehead atoms. The van der Waals surface area contributed by atoms with Crippen molar-refractivity contribution in [3.8, 4) is 0 Å². The van der Waals surface area contributed by atoms with E-state index in [9.17, 15) is 28.8 Å². The highest BCUT2D eigenvalue weighted by molar-refractivity contribution is 5.97. The number of aromatic nitrogens is 1. The Morgan fingerprint density at radius 2 is 1.73 bits per heavy atom. The van der Waals surface area contributed by atoms with E-state index in [0.29, 0.717) is 12.8 Å². The van der Waals surface area contributed by atoms with Crippen molar-refractivity contribution >= 4 is 46.4 Å². The Labute approximate surface area is 304 Å². The Morgan fingerprint density at radius 1 is 1.06 bits per heavy atom. The number of nitrogens with one attached hydrogen (secondary N) is 4. The SMILES string of the molecule is CC[C@H](C)[C@@H](NC(=O)[C@@H]1CCCN1C(=O)[C@@H](CC(=O)OC(C)(C)C)NC(=O)[C@H](N)Cc1c[nH]c2ccccc12)C(=O)N[C@@H](CC(C)C)C(=O)N=[N+]=[N-]. The van der Waals surface area contributed by atoms with Gasteiger partial charge in [0.2, 0.25) is 29.5 Å². The molecule has 1 aliphatic heterocycles. The van der Waals surface area contributed by atoms with E-state index in [1.165, 1.54) is 4.90 Å². The summed E-state index contributed by atoms with van der Waals surface area (Å²) in [6.07, 6.45) is 2.85. The van der Waals surface area contributed by atoms with Crippen LogP contribution in [0.4, 0.5) is 0 Å². The summed E-state index contributed by atoms with van der Waals surface area (Å²) in [5.41, 5.74) is 15.9. The van der Waals surface area contributed by atoms with Crippen LogP contribution in [0.2, 0.25) is 0 Å². The second kappa shape index (κ2) is 18.5. The maximum Gasteiger partial charge on any atom is 0.308 e. The van der Waals surface area contributed by atoms with Crippen molar-refractivity contribution in [1.29, 1.82) is 0 Å². The van der Waals surface area contributed by atoms with Crippen LogP contribution in [0.3, 0.4) is 0 Å². The second-order valence-corrected chi connectivity index (χ2v) is 14.8. The summed E-state index contributed by atoms with van der Waals surface area (Å²) >= 11 is 0. The van der Waals surface area contributed by atoms with Crippen molar-refractivity contribution in [3.63, 3.8) is 0 Å². The van der Waals surface area contributed by atoms with Gasteiger partial charge in [0.05, 0.1) is 18.5 Å². The van der Waals surface area contributed by atoms with Crippen LogP contribution in [0.5, 0.6) is 0 Å². The van der Waals surface area contributed by atoms with Gasteiger partial charge in [0.25, 0.3) is 0 Å². The first-order valence-corrected chi connectivity index (χ1v) is 17.8. The van der Waals surface area contributed by atoms with Crippen LogP contribution < -0.4 is 21.7 Å². The fourth-order valence-electron chi connectivity index (χ4n) is 6.18. The Hall–Kier alpha value is -4.95. The van der Waals surface area contributed by atoms with Gasteiger partial charge < -0.3 is 36.3 Å². The number of carbonyl (C=O) groups excluding carboxylic acids is 6. The van der Waals surface area contributed by atoms with E-state index < -0.39 is 77.7 Å². The summed E-state index contributed by atoms with van der Waals surface area (Å²) in [5, 5.41) is 12.1. The van der Waals surface area contributed by atoms with Gasteiger partial charge >= 0.3 is 5.97 Å². The monoisotopic (exact) mass is 723 g/mol. The van der Waals surface area contributed by atoms with Gasteiger partial charge in [-0.1, -0.05) is 52.3 Å². The highest BCUT2D eigenvalue weighted by Crippen LogP contribution is 2.22. The predicted octanol–water partition coefficient (Wildman–Crippen LogP) is 3.14. The Bertz CT molecular complexity index is 1660. The molecule has 0 saturated carbocycles. The molecule has 16 nitrogen and oxygen atoms in total. The first-order chi connectivity index (χ1) is 24.4. The molecule has 0 radical (unpaired) electrons. The van der Waals surface area contributed by atoms with E-state index >= 15 is 0 Å². The largest absolute Gasteiger partial charge is 0.460 e. The number of H-pyrrole nitrogens is 1. The molecule has 52 heavy (non-hydrogen) atoms. The van der Waals surface area contributed by atoms with Crippen molar-refractivity contribution in [2.24, 2.45) is 22.7 Å². The topological polar surface area (TPSA) is 242 Å².